The van der Waals surface area contributed by atoms with Crippen LogP contribution in [0.15, 0.2) is 11.6 Å². The van der Waals surface area contributed by atoms with E-state index in [1.165, 1.54) is 6.07 Å². The minimum Gasteiger partial charge on any atom is -0.367 e. The van der Waals surface area contributed by atoms with Crippen molar-refractivity contribution in [2.24, 2.45) is 5.73 Å². The van der Waals surface area contributed by atoms with Gasteiger partial charge in [-0.15, -0.1) is 0 Å². The molecule has 2 aliphatic rings. The number of piperidine rings is 1. The van der Waals surface area contributed by atoms with E-state index in [1.54, 1.807) is 0 Å². The molecule has 0 bridgehead atoms. The maximum atomic E-state index is 14.9. The fourth-order valence-corrected chi connectivity index (χ4v) is 3.80. The van der Waals surface area contributed by atoms with Crippen molar-refractivity contribution < 1.29 is 9.18 Å². The van der Waals surface area contributed by atoms with Gasteiger partial charge in [0.05, 0.1) is 11.7 Å². The highest BCUT2D eigenvalue weighted by Gasteiger charge is 2.31. The van der Waals surface area contributed by atoms with Gasteiger partial charge in [0.25, 0.3) is 0 Å². The number of amides is 1. The number of allylic oxidation sites excluding steroid dienone is 2. The molecule has 1 aliphatic heterocycles. The fourth-order valence-electron chi connectivity index (χ4n) is 3.80. The van der Waals surface area contributed by atoms with Crippen LogP contribution < -0.4 is 16.0 Å². The number of carbonyl (C=O) groups excluding carboxylic acids is 1. The normalized spacial score (nSPS) is 19.9. The summed E-state index contributed by atoms with van der Waals surface area (Å²) in [4.78, 5) is 13.7. The van der Waals surface area contributed by atoms with Crippen molar-refractivity contribution in [2.75, 3.05) is 18.0 Å². The van der Waals surface area contributed by atoms with Crippen LogP contribution in [-0.4, -0.2) is 25.0 Å². The molecule has 1 aromatic rings. The third-order valence-corrected chi connectivity index (χ3v) is 5.09. The molecule has 1 fully saturated rings. The van der Waals surface area contributed by atoms with Crippen molar-refractivity contribution in [3.05, 3.63) is 34.1 Å². The van der Waals surface area contributed by atoms with Crippen LogP contribution in [-0.2, 0) is 6.42 Å². The lowest BCUT2D eigenvalue weighted by atomic mass is 9.95. The van der Waals surface area contributed by atoms with Crippen molar-refractivity contribution in [3.63, 3.8) is 0 Å². The molecule has 0 spiro atoms. The number of hydrogen-bond acceptors (Lipinski definition) is 4. The first-order valence-corrected chi connectivity index (χ1v) is 8.15. The maximum Gasteiger partial charge on any atom is 0.249 e. The molecule has 1 aliphatic carbocycles. The first kappa shape index (κ1) is 16.3. The van der Waals surface area contributed by atoms with Crippen LogP contribution in [0.25, 0.3) is 5.57 Å². The number of primary amides is 1. The number of fused-ring (bicyclic) bond motifs is 1. The smallest absolute Gasteiger partial charge is 0.249 e. The molecular formula is C18H21FN4O. The lowest BCUT2D eigenvalue weighted by Gasteiger charge is -2.35. The number of anilines is 1. The van der Waals surface area contributed by atoms with E-state index < -0.39 is 11.7 Å². The Morgan fingerprint density at radius 1 is 1.50 bits per heavy atom. The van der Waals surface area contributed by atoms with E-state index in [9.17, 15) is 9.18 Å². The molecule has 1 saturated heterocycles. The number of carbonyl (C=O) groups is 1. The Morgan fingerprint density at radius 2 is 2.25 bits per heavy atom. The highest BCUT2D eigenvalue weighted by atomic mass is 19.1. The summed E-state index contributed by atoms with van der Waals surface area (Å²) in [6.07, 6.45) is 4.37. The van der Waals surface area contributed by atoms with E-state index in [2.05, 4.69) is 5.32 Å². The van der Waals surface area contributed by atoms with Crippen LogP contribution in [0.3, 0.4) is 0 Å². The Bertz CT molecular complexity index is 778. The Kier molecular flexibility index (Phi) is 4.18. The molecule has 1 amide bonds. The highest BCUT2D eigenvalue weighted by Crippen LogP contribution is 2.43. The average Bonchev–Trinajstić information content (AvgIpc) is 2.83. The first-order chi connectivity index (χ1) is 11.4. The van der Waals surface area contributed by atoms with Gasteiger partial charge in [0.15, 0.2) is 6.19 Å². The third kappa shape index (κ3) is 2.60. The second kappa shape index (κ2) is 6.16. The molecule has 0 radical (unpaired) electrons. The lowest BCUT2D eigenvalue weighted by molar-refractivity contribution is 0.0999. The van der Waals surface area contributed by atoms with Crippen LogP contribution in [0.1, 0.15) is 48.2 Å². The van der Waals surface area contributed by atoms with Gasteiger partial charge in [-0.1, -0.05) is 5.57 Å². The predicted octanol–water partition coefficient (Wildman–Crippen LogP) is 2.31. The molecule has 0 aromatic heterocycles. The minimum atomic E-state index is -0.595. The van der Waals surface area contributed by atoms with E-state index in [1.807, 2.05) is 24.9 Å². The van der Waals surface area contributed by atoms with E-state index >= 15 is 0 Å². The molecule has 0 unspecified atom stereocenters. The van der Waals surface area contributed by atoms with E-state index in [0.717, 1.165) is 41.7 Å². The topological polar surface area (TPSA) is 82.2 Å². The quantitative estimate of drug-likeness (QED) is 0.659. The molecule has 24 heavy (non-hydrogen) atoms. The standard InChI is InChI=1S/C18H21FN4O/c1-10-6-13-14(18(21)24)7-15(19)17(16(13)11(10)2)23-5-3-4-12(8-23)22-9-20/h7,12,22H,3-6,8H2,1-2H3,(H2,21,24)/t12-/m0/s1. The average molecular weight is 328 g/mol. The van der Waals surface area contributed by atoms with E-state index in [4.69, 9.17) is 11.0 Å². The van der Waals surface area contributed by atoms with Gasteiger partial charge < -0.3 is 16.0 Å². The second-order valence-corrected chi connectivity index (χ2v) is 6.60. The van der Waals surface area contributed by atoms with Gasteiger partial charge in [-0.05, 0) is 50.3 Å². The summed E-state index contributed by atoms with van der Waals surface area (Å²) in [5, 5.41) is 11.6. The third-order valence-electron chi connectivity index (χ3n) is 5.09. The van der Waals surface area contributed by atoms with Crippen LogP contribution in [0.5, 0.6) is 0 Å². The van der Waals surface area contributed by atoms with Crippen molar-refractivity contribution in [1.82, 2.24) is 5.32 Å². The number of nitriles is 1. The molecule has 1 heterocycles. The number of rotatable bonds is 3. The number of nitrogens with one attached hydrogen (secondary N) is 1. The lowest BCUT2D eigenvalue weighted by Crippen LogP contribution is -2.45. The zero-order valence-electron chi connectivity index (χ0n) is 13.9. The van der Waals surface area contributed by atoms with E-state index in [0.29, 0.717) is 18.7 Å². The summed E-state index contributed by atoms with van der Waals surface area (Å²) in [5.41, 5.74) is 10.0. The van der Waals surface area contributed by atoms with Gasteiger partial charge in [-0.25, -0.2) is 4.39 Å². The first-order valence-electron chi connectivity index (χ1n) is 8.15. The monoisotopic (exact) mass is 328 g/mol. The maximum absolute atomic E-state index is 14.9. The van der Waals surface area contributed by atoms with Gasteiger partial charge >= 0.3 is 0 Å². The number of nitrogens with two attached hydrogens (primary N) is 1. The summed E-state index contributed by atoms with van der Waals surface area (Å²) >= 11 is 0. The Balaban J connectivity index is 2.11. The van der Waals surface area contributed by atoms with Crippen LogP contribution in [0.2, 0.25) is 0 Å². The van der Waals surface area contributed by atoms with Crippen LogP contribution >= 0.6 is 0 Å². The summed E-state index contributed by atoms with van der Waals surface area (Å²) in [6, 6.07) is 1.28. The van der Waals surface area contributed by atoms with Gasteiger partial charge in [0.1, 0.15) is 5.82 Å². The number of benzene rings is 1. The van der Waals surface area contributed by atoms with Gasteiger partial charge in [-0.2, -0.15) is 5.26 Å². The molecule has 1 atom stereocenters. The van der Waals surface area contributed by atoms with Gasteiger partial charge in [-0.3, -0.25) is 4.79 Å². The van der Waals surface area contributed by atoms with E-state index in [-0.39, 0.29) is 11.6 Å². The molecule has 1 aromatic carbocycles. The zero-order valence-corrected chi connectivity index (χ0v) is 13.9. The number of nitrogens with zero attached hydrogens (tertiary/aromatic N) is 2. The zero-order chi connectivity index (χ0) is 17.4. The van der Waals surface area contributed by atoms with Gasteiger partial charge in [0, 0.05) is 24.2 Å². The predicted molar refractivity (Wildman–Crippen MR) is 90.9 cm³/mol. The Hall–Kier alpha value is -2.55. The van der Waals surface area contributed by atoms with Crippen molar-refractivity contribution >= 4 is 17.2 Å². The summed E-state index contributed by atoms with van der Waals surface area (Å²) < 4.78 is 14.9. The Labute approximate surface area is 140 Å². The van der Waals surface area contributed by atoms with Gasteiger partial charge in [0.2, 0.25) is 5.91 Å². The minimum absolute atomic E-state index is 0.0152. The van der Waals surface area contributed by atoms with Crippen molar-refractivity contribution in [1.29, 1.82) is 5.26 Å². The number of halogens is 1. The van der Waals surface area contributed by atoms with Crippen LogP contribution in [0, 0.1) is 17.3 Å². The Morgan fingerprint density at radius 3 is 2.92 bits per heavy atom. The van der Waals surface area contributed by atoms with Crippen molar-refractivity contribution in [2.45, 2.75) is 39.2 Å². The summed E-state index contributed by atoms with van der Waals surface area (Å²) in [6.45, 7) is 5.26. The number of hydrogen-bond donors (Lipinski definition) is 2. The largest absolute Gasteiger partial charge is 0.367 e. The van der Waals surface area contributed by atoms with Crippen LogP contribution in [0.4, 0.5) is 10.1 Å². The van der Waals surface area contributed by atoms with Crippen molar-refractivity contribution in [3.8, 4) is 6.19 Å². The molecule has 0 saturated carbocycles. The molecule has 6 heteroatoms. The fraction of sp³-hybridized carbons (Fsp3) is 0.444. The SMILES string of the molecule is CC1=C(C)c2c(c(C(N)=O)cc(F)c2N2CCC[C@H](NC#N)C2)C1. The molecule has 3 N–H and O–H groups in total. The second-order valence-electron chi connectivity index (χ2n) is 6.60. The molecule has 126 valence electrons. The highest BCUT2D eigenvalue weighted by molar-refractivity contribution is 5.99. The molecule has 5 nitrogen and oxygen atoms in total. The molecular weight excluding hydrogens is 307 g/mol. The molecule has 3 rings (SSSR count). The summed E-state index contributed by atoms with van der Waals surface area (Å²) in [5.74, 6) is -1.02. The summed E-state index contributed by atoms with van der Waals surface area (Å²) in [7, 11) is 0.